The Labute approximate surface area is 151 Å². The molecule has 2 aromatic rings. The first-order valence-electron chi connectivity index (χ1n) is 8.13. The van der Waals surface area contributed by atoms with Crippen LogP contribution in [-0.2, 0) is 11.2 Å². The summed E-state index contributed by atoms with van der Waals surface area (Å²) in [7, 11) is 1.17. The van der Waals surface area contributed by atoms with Crippen LogP contribution in [0, 0.1) is 10.1 Å². The van der Waals surface area contributed by atoms with Crippen molar-refractivity contribution in [3.63, 3.8) is 0 Å². The average molecular weight is 356 g/mol. The van der Waals surface area contributed by atoms with Gasteiger partial charge in [0.15, 0.2) is 0 Å². The number of hydrogen-bond donors (Lipinski definition) is 1. The van der Waals surface area contributed by atoms with Gasteiger partial charge < -0.3 is 10.1 Å². The monoisotopic (exact) mass is 356 g/mol. The molecule has 26 heavy (non-hydrogen) atoms. The van der Waals surface area contributed by atoms with E-state index in [1.54, 1.807) is 0 Å². The number of benzene rings is 2. The number of nitro benzene ring substituents is 1. The predicted molar refractivity (Wildman–Crippen MR) is 96.1 cm³/mol. The highest BCUT2D eigenvalue weighted by atomic mass is 16.6. The summed E-state index contributed by atoms with van der Waals surface area (Å²) in [6.07, 6.45) is 0.922. The molecule has 1 N–H and O–H groups in total. The number of amides is 1. The Hall–Kier alpha value is -3.22. The van der Waals surface area contributed by atoms with Crippen molar-refractivity contribution in [3.8, 4) is 0 Å². The maximum atomic E-state index is 12.5. The topological polar surface area (TPSA) is 98.5 Å². The molecule has 0 spiro atoms. The molecule has 1 atom stereocenters. The number of nitro groups is 1. The smallest absolute Gasteiger partial charge is 0.338 e. The second-order valence-corrected chi connectivity index (χ2v) is 5.81. The van der Waals surface area contributed by atoms with Crippen molar-refractivity contribution in [1.82, 2.24) is 5.32 Å². The number of nitrogens with zero attached hydrogens (tertiary/aromatic N) is 1. The first-order chi connectivity index (χ1) is 12.3. The van der Waals surface area contributed by atoms with Gasteiger partial charge in [0.2, 0.25) is 0 Å². The normalized spacial score (nSPS) is 11.5. The Morgan fingerprint density at radius 2 is 1.77 bits per heavy atom. The summed E-state index contributed by atoms with van der Waals surface area (Å²) in [4.78, 5) is 34.6. The van der Waals surface area contributed by atoms with E-state index in [1.165, 1.54) is 18.7 Å². The molecule has 0 aromatic heterocycles. The van der Waals surface area contributed by atoms with Crippen molar-refractivity contribution >= 4 is 17.6 Å². The van der Waals surface area contributed by atoms with E-state index in [9.17, 15) is 19.7 Å². The molecule has 0 radical (unpaired) electrons. The lowest BCUT2D eigenvalue weighted by molar-refractivity contribution is -0.384. The summed E-state index contributed by atoms with van der Waals surface area (Å²) < 4.78 is 4.58. The Morgan fingerprint density at radius 1 is 1.15 bits per heavy atom. The largest absolute Gasteiger partial charge is 0.465 e. The van der Waals surface area contributed by atoms with Crippen LogP contribution in [-0.4, -0.2) is 23.9 Å². The van der Waals surface area contributed by atoms with Gasteiger partial charge in [-0.2, -0.15) is 0 Å². The van der Waals surface area contributed by atoms with Crippen LogP contribution < -0.4 is 5.32 Å². The molecule has 0 saturated carbocycles. The maximum absolute atomic E-state index is 12.5. The van der Waals surface area contributed by atoms with Crippen LogP contribution in [0.3, 0.4) is 0 Å². The fourth-order valence-corrected chi connectivity index (χ4v) is 2.49. The minimum atomic E-state index is -0.744. The molecule has 0 saturated heterocycles. The molecule has 2 rings (SSSR count). The number of aryl methyl sites for hydroxylation is 1. The summed E-state index contributed by atoms with van der Waals surface area (Å²) in [5.41, 5.74) is 1.73. The van der Waals surface area contributed by atoms with Crippen LogP contribution in [0.4, 0.5) is 5.69 Å². The van der Waals surface area contributed by atoms with Crippen LogP contribution in [0.25, 0.3) is 0 Å². The average Bonchev–Trinajstić information content (AvgIpc) is 2.66. The summed E-state index contributed by atoms with van der Waals surface area (Å²) in [6, 6.07) is 11.0. The summed E-state index contributed by atoms with van der Waals surface area (Å²) in [5.74, 6) is -1.25. The van der Waals surface area contributed by atoms with E-state index in [0.717, 1.165) is 24.1 Å². The number of non-ortho nitro benzene ring substituents is 1. The van der Waals surface area contributed by atoms with E-state index in [2.05, 4.69) is 17.0 Å². The highest BCUT2D eigenvalue weighted by Gasteiger charge is 2.19. The number of carbonyl (C=O) groups excluding carboxylic acids is 2. The number of rotatable bonds is 6. The fraction of sp³-hybridized carbons (Fsp3) is 0.263. The number of ether oxygens (including phenoxy) is 1. The van der Waals surface area contributed by atoms with Crippen molar-refractivity contribution < 1.29 is 19.2 Å². The van der Waals surface area contributed by atoms with Gasteiger partial charge in [-0.05, 0) is 30.5 Å². The minimum Gasteiger partial charge on any atom is -0.465 e. The van der Waals surface area contributed by atoms with Crippen LogP contribution in [0.5, 0.6) is 0 Å². The zero-order valence-corrected chi connectivity index (χ0v) is 14.8. The molecule has 2 aromatic carbocycles. The molecule has 0 aliphatic carbocycles. The van der Waals surface area contributed by atoms with Crippen LogP contribution in [0.2, 0.25) is 0 Å². The van der Waals surface area contributed by atoms with Gasteiger partial charge in [0.05, 0.1) is 23.6 Å². The molecule has 0 aliphatic rings. The summed E-state index contributed by atoms with van der Waals surface area (Å²) in [5, 5.41) is 13.9. The van der Waals surface area contributed by atoms with Crippen molar-refractivity contribution in [3.05, 3.63) is 74.8 Å². The standard InChI is InChI=1S/C19H20N2O5/c1-4-13-5-7-14(8-6-13)12(2)20-18(22)15-9-16(19(23)26-3)11-17(10-15)21(24)25/h5-12H,4H2,1-3H3,(H,20,22). The summed E-state index contributed by atoms with van der Waals surface area (Å²) in [6.45, 7) is 3.87. The van der Waals surface area contributed by atoms with E-state index in [4.69, 9.17) is 0 Å². The van der Waals surface area contributed by atoms with Gasteiger partial charge in [-0.25, -0.2) is 4.79 Å². The number of esters is 1. The first-order valence-corrected chi connectivity index (χ1v) is 8.13. The Morgan fingerprint density at radius 3 is 2.31 bits per heavy atom. The van der Waals surface area contributed by atoms with Gasteiger partial charge in [0.25, 0.3) is 11.6 Å². The first kappa shape index (κ1) is 19.1. The lowest BCUT2D eigenvalue weighted by Crippen LogP contribution is -2.27. The van der Waals surface area contributed by atoms with Crippen molar-refractivity contribution in [2.75, 3.05) is 7.11 Å². The van der Waals surface area contributed by atoms with E-state index in [0.29, 0.717) is 0 Å². The zero-order valence-electron chi connectivity index (χ0n) is 14.8. The van der Waals surface area contributed by atoms with E-state index in [-0.39, 0.29) is 22.9 Å². The molecule has 7 heteroatoms. The third kappa shape index (κ3) is 4.44. The van der Waals surface area contributed by atoms with Gasteiger partial charge in [0, 0.05) is 17.7 Å². The SMILES string of the molecule is CCc1ccc(C(C)NC(=O)c2cc(C(=O)OC)cc([N+](=O)[O-])c2)cc1. The van der Waals surface area contributed by atoms with E-state index >= 15 is 0 Å². The van der Waals surface area contributed by atoms with E-state index < -0.39 is 16.8 Å². The van der Waals surface area contributed by atoms with Gasteiger partial charge in [0.1, 0.15) is 0 Å². The van der Waals surface area contributed by atoms with Crippen molar-refractivity contribution in [2.45, 2.75) is 26.3 Å². The van der Waals surface area contributed by atoms with Crippen LogP contribution in [0.15, 0.2) is 42.5 Å². The Balaban J connectivity index is 2.25. The third-order valence-electron chi connectivity index (χ3n) is 4.05. The molecule has 1 amide bonds. The second-order valence-electron chi connectivity index (χ2n) is 5.81. The van der Waals surface area contributed by atoms with Crippen LogP contribution in [0.1, 0.15) is 51.7 Å². The molecule has 0 aliphatic heterocycles. The highest BCUT2D eigenvalue weighted by Crippen LogP contribution is 2.20. The lowest BCUT2D eigenvalue weighted by atomic mass is 10.0. The van der Waals surface area contributed by atoms with E-state index in [1.807, 2.05) is 31.2 Å². The Kier molecular flexibility index (Phi) is 6.06. The van der Waals surface area contributed by atoms with Gasteiger partial charge in [-0.15, -0.1) is 0 Å². The van der Waals surface area contributed by atoms with Crippen molar-refractivity contribution in [1.29, 1.82) is 0 Å². The van der Waals surface area contributed by atoms with Gasteiger partial charge >= 0.3 is 5.97 Å². The molecule has 1 unspecified atom stereocenters. The number of nitrogens with one attached hydrogen (secondary N) is 1. The van der Waals surface area contributed by atoms with Gasteiger partial charge in [-0.3, -0.25) is 14.9 Å². The molecular formula is C19H20N2O5. The fourth-order valence-electron chi connectivity index (χ4n) is 2.49. The predicted octanol–water partition coefficient (Wildman–Crippen LogP) is 3.43. The molecule has 7 nitrogen and oxygen atoms in total. The molecule has 0 fully saturated rings. The minimum absolute atomic E-state index is 0.0247. The molecule has 0 heterocycles. The Bertz CT molecular complexity index is 830. The number of hydrogen-bond acceptors (Lipinski definition) is 5. The lowest BCUT2D eigenvalue weighted by Gasteiger charge is -2.15. The molecule has 136 valence electrons. The van der Waals surface area contributed by atoms with Crippen molar-refractivity contribution in [2.24, 2.45) is 0 Å². The molecular weight excluding hydrogens is 336 g/mol. The van der Waals surface area contributed by atoms with Crippen LogP contribution >= 0.6 is 0 Å². The summed E-state index contributed by atoms with van der Waals surface area (Å²) >= 11 is 0. The third-order valence-corrected chi connectivity index (χ3v) is 4.05. The highest BCUT2D eigenvalue weighted by molar-refractivity contribution is 5.99. The molecule has 0 bridgehead atoms. The van der Waals surface area contributed by atoms with Gasteiger partial charge in [-0.1, -0.05) is 31.2 Å². The second kappa shape index (κ2) is 8.24. The zero-order chi connectivity index (χ0) is 19.3. The number of carbonyl (C=O) groups is 2. The quantitative estimate of drug-likeness (QED) is 0.486. The maximum Gasteiger partial charge on any atom is 0.338 e. The number of methoxy groups -OCH3 is 1.